The molecule has 0 radical (unpaired) electrons. The molecule has 0 spiro atoms. The van der Waals surface area contributed by atoms with Gasteiger partial charge in [0.1, 0.15) is 4.90 Å². The highest BCUT2D eigenvalue weighted by Crippen LogP contribution is 2.21. The first kappa shape index (κ1) is 15.1. The molecule has 0 saturated carbocycles. The predicted molar refractivity (Wildman–Crippen MR) is 89.7 cm³/mol. The normalized spacial score (nSPS) is 11.9. The van der Waals surface area contributed by atoms with E-state index in [9.17, 15) is 8.42 Å². The van der Waals surface area contributed by atoms with E-state index in [-0.39, 0.29) is 4.90 Å². The molecule has 0 fully saturated rings. The lowest BCUT2D eigenvalue weighted by atomic mass is 10.2. The summed E-state index contributed by atoms with van der Waals surface area (Å²) in [4.78, 5) is 5.68. The van der Waals surface area contributed by atoms with Crippen molar-refractivity contribution in [1.29, 1.82) is 0 Å². The fourth-order valence-electron chi connectivity index (χ4n) is 2.30. The monoisotopic (exact) mass is 332 g/mol. The Bertz CT molecular complexity index is 888. The average molecular weight is 332 g/mol. The van der Waals surface area contributed by atoms with Crippen molar-refractivity contribution in [1.82, 2.24) is 9.71 Å². The summed E-state index contributed by atoms with van der Waals surface area (Å²) < 4.78 is 27.7. The van der Waals surface area contributed by atoms with Gasteiger partial charge in [-0.15, -0.1) is 11.3 Å². The minimum Gasteiger partial charge on any atom is -0.255 e. The maximum absolute atomic E-state index is 12.5. The lowest BCUT2D eigenvalue weighted by Gasteiger charge is -2.09. The molecule has 0 aliphatic rings. The first-order valence-electron chi connectivity index (χ1n) is 6.94. The Hall–Kier alpha value is -1.76. The van der Waals surface area contributed by atoms with E-state index in [0.29, 0.717) is 18.5 Å². The summed E-state index contributed by atoms with van der Waals surface area (Å²) in [6.45, 7) is 2.32. The van der Waals surface area contributed by atoms with E-state index in [1.54, 1.807) is 29.7 Å². The van der Waals surface area contributed by atoms with Crippen molar-refractivity contribution in [3.63, 3.8) is 0 Å². The van der Waals surface area contributed by atoms with Crippen LogP contribution in [0, 0.1) is 6.92 Å². The van der Waals surface area contributed by atoms with Crippen LogP contribution >= 0.6 is 11.3 Å². The molecular weight excluding hydrogens is 316 g/mol. The molecule has 0 bridgehead atoms. The minimum absolute atomic E-state index is 0.233. The van der Waals surface area contributed by atoms with E-state index in [2.05, 4.69) is 9.71 Å². The number of aryl methyl sites for hydroxylation is 1. The molecule has 0 saturated heterocycles. The molecule has 22 heavy (non-hydrogen) atoms. The summed E-state index contributed by atoms with van der Waals surface area (Å²) in [6.07, 6.45) is 2.38. The van der Waals surface area contributed by atoms with Crippen molar-refractivity contribution in [3.8, 4) is 0 Å². The second kappa shape index (κ2) is 6.16. The molecule has 0 unspecified atom stereocenters. The first-order chi connectivity index (χ1) is 10.6. The van der Waals surface area contributed by atoms with Crippen LogP contribution in [0.4, 0.5) is 0 Å². The Morgan fingerprint density at radius 3 is 2.86 bits per heavy atom. The molecule has 2 heterocycles. The van der Waals surface area contributed by atoms with Gasteiger partial charge in [-0.2, -0.15) is 0 Å². The van der Waals surface area contributed by atoms with Gasteiger partial charge in [-0.05, 0) is 42.5 Å². The number of benzene rings is 1. The van der Waals surface area contributed by atoms with E-state index in [0.717, 1.165) is 15.8 Å². The number of hydrogen-bond donors (Lipinski definition) is 1. The number of pyridine rings is 1. The quantitative estimate of drug-likeness (QED) is 0.781. The van der Waals surface area contributed by atoms with Gasteiger partial charge in [0, 0.05) is 23.0 Å². The molecule has 1 aromatic carbocycles. The van der Waals surface area contributed by atoms with Crippen LogP contribution in [0.15, 0.2) is 52.9 Å². The second-order valence-electron chi connectivity index (χ2n) is 5.07. The maximum Gasteiger partial charge on any atom is 0.242 e. The van der Waals surface area contributed by atoms with Crippen molar-refractivity contribution in [3.05, 3.63) is 58.4 Å². The van der Waals surface area contributed by atoms with Gasteiger partial charge in [-0.3, -0.25) is 4.98 Å². The number of thiophene rings is 1. The van der Waals surface area contributed by atoms with Gasteiger partial charge in [0.15, 0.2) is 0 Å². The Kier molecular flexibility index (Phi) is 4.24. The van der Waals surface area contributed by atoms with E-state index >= 15 is 0 Å². The van der Waals surface area contributed by atoms with Crippen LogP contribution in [0.5, 0.6) is 0 Å². The third-order valence-electron chi connectivity index (χ3n) is 3.34. The number of rotatable bonds is 5. The lowest BCUT2D eigenvalue weighted by Crippen LogP contribution is -2.26. The van der Waals surface area contributed by atoms with Gasteiger partial charge < -0.3 is 0 Å². The van der Waals surface area contributed by atoms with Crippen LogP contribution in [0.1, 0.15) is 10.4 Å². The molecule has 0 atom stereocenters. The topological polar surface area (TPSA) is 59.1 Å². The Balaban J connectivity index is 1.85. The van der Waals surface area contributed by atoms with Gasteiger partial charge in [0.25, 0.3) is 0 Å². The SMILES string of the molecule is Cc1cnc2c(S(=O)(=O)NCCc3cccs3)cccc2c1. The number of nitrogens with one attached hydrogen (secondary N) is 1. The highest BCUT2D eigenvalue weighted by molar-refractivity contribution is 7.89. The molecule has 4 nitrogen and oxygen atoms in total. The fraction of sp³-hybridized carbons (Fsp3) is 0.188. The first-order valence-corrected chi connectivity index (χ1v) is 9.30. The number of hydrogen-bond acceptors (Lipinski definition) is 4. The van der Waals surface area contributed by atoms with Crippen LogP contribution in [0.25, 0.3) is 10.9 Å². The molecule has 2 aromatic heterocycles. The zero-order valence-electron chi connectivity index (χ0n) is 12.1. The van der Waals surface area contributed by atoms with Crippen molar-refractivity contribution in [2.45, 2.75) is 18.2 Å². The van der Waals surface area contributed by atoms with Crippen molar-refractivity contribution >= 4 is 32.3 Å². The van der Waals surface area contributed by atoms with Crippen LogP contribution < -0.4 is 4.72 Å². The molecular formula is C16H16N2O2S2. The van der Waals surface area contributed by atoms with E-state index < -0.39 is 10.0 Å². The zero-order valence-corrected chi connectivity index (χ0v) is 13.7. The van der Waals surface area contributed by atoms with E-state index in [1.165, 1.54) is 0 Å². The summed E-state index contributed by atoms with van der Waals surface area (Å²) in [7, 11) is -3.56. The Morgan fingerprint density at radius 1 is 1.23 bits per heavy atom. The number of nitrogens with zero attached hydrogens (tertiary/aromatic N) is 1. The van der Waals surface area contributed by atoms with Crippen LogP contribution in [0.3, 0.4) is 0 Å². The fourth-order valence-corrected chi connectivity index (χ4v) is 4.22. The smallest absolute Gasteiger partial charge is 0.242 e. The highest BCUT2D eigenvalue weighted by Gasteiger charge is 2.17. The minimum atomic E-state index is -3.56. The average Bonchev–Trinajstić information content (AvgIpc) is 2.99. The number of fused-ring (bicyclic) bond motifs is 1. The summed E-state index contributed by atoms with van der Waals surface area (Å²) in [6, 6.07) is 11.1. The van der Waals surface area contributed by atoms with E-state index in [1.807, 2.05) is 36.6 Å². The van der Waals surface area contributed by atoms with Gasteiger partial charge >= 0.3 is 0 Å². The highest BCUT2D eigenvalue weighted by atomic mass is 32.2. The van der Waals surface area contributed by atoms with Crippen LogP contribution in [0.2, 0.25) is 0 Å². The largest absolute Gasteiger partial charge is 0.255 e. The van der Waals surface area contributed by atoms with Gasteiger partial charge in [-0.25, -0.2) is 13.1 Å². The molecule has 3 aromatic rings. The Labute approximate surface area is 133 Å². The van der Waals surface area contributed by atoms with Crippen molar-refractivity contribution in [2.24, 2.45) is 0 Å². The van der Waals surface area contributed by atoms with Crippen molar-refractivity contribution in [2.75, 3.05) is 6.54 Å². The molecule has 3 rings (SSSR count). The third-order valence-corrected chi connectivity index (χ3v) is 5.77. The number of aromatic nitrogens is 1. The molecule has 6 heteroatoms. The Morgan fingerprint density at radius 2 is 2.09 bits per heavy atom. The predicted octanol–water partition coefficient (Wildman–Crippen LogP) is 3.13. The standard InChI is InChI=1S/C16H16N2O2S2/c1-12-10-13-4-2-6-15(16(13)17-11-12)22(19,20)18-8-7-14-5-3-9-21-14/h2-6,9-11,18H,7-8H2,1H3. The van der Waals surface area contributed by atoms with Gasteiger partial charge in [0.05, 0.1) is 5.52 Å². The van der Waals surface area contributed by atoms with E-state index in [4.69, 9.17) is 0 Å². The molecule has 0 aliphatic carbocycles. The molecule has 0 amide bonds. The maximum atomic E-state index is 12.5. The van der Waals surface area contributed by atoms with Gasteiger partial charge in [-0.1, -0.05) is 18.2 Å². The van der Waals surface area contributed by atoms with Crippen molar-refractivity contribution < 1.29 is 8.42 Å². The number of sulfonamides is 1. The third kappa shape index (κ3) is 3.19. The molecule has 0 aliphatic heterocycles. The molecule has 114 valence electrons. The second-order valence-corrected chi connectivity index (χ2v) is 7.84. The van der Waals surface area contributed by atoms with Gasteiger partial charge in [0.2, 0.25) is 10.0 Å². The lowest BCUT2D eigenvalue weighted by molar-refractivity contribution is 0.582. The van der Waals surface area contributed by atoms with Crippen LogP contribution in [-0.2, 0) is 16.4 Å². The molecule has 1 N–H and O–H groups in total. The summed E-state index contributed by atoms with van der Waals surface area (Å²) >= 11 is 1.63. The summed E-state index contributed by atoms with van der Waals surface area (Å²) in [5, 5.41) is 2.82. The summed E-state index contributed by atoms with van der Waals surface area (Å²) in [5.41, 5.74) is 1.52. The van der Waals surface area contributed by atoms with Crippen LogP contribution in [-0.4, -0.2) is 19.9 Å². The number of para-hydroxylation sites is 1. The zero-order chi connectivity index (χ0) is 15.6. The summed E-state index contributed by atoms with van der Waals surface area (Å²) in [5.74, 6) is 0.